The van der Waals surface area contributed by atoms with Gasteiger partial charge in [-0.2, -0.15) is 0 Å². The number of benzene rings is 1. The molecule has 2 aromatic rings. The smallest absolute Gasteiger partial charge is 0.408 e. The molecule has 2 heterocycles. The molecule has 0 radical (unpaired) electrons. The predicted molar refractivity (Wildman–Crippen MR) is 111 cm³/mol. The van der Waals surface area contributed by atoms with Crippen molar-refractivity contribution >= 4 is 17.7 Å². The first kappa shape index (κ1) is 22.6. The van der Waals surface area contributed by atoms with E-state index >= 15 is 0 Å². The second-order valence-corrected chi connectivity index (χ2v) is 8.57. The molecule has 0 spiro atoms. The van der Waals surface area contributed by atoms with Crippen LogP contribution in [0, 0.1) is 17.6 Å². The van der Waals surface area contributed by atoms with Crippen molar-refractivity contribution in [2.75, 3.05) is 24.5 Å². The molecule has 9 heteroatoms. The third-order valence-corrected chi connectivity index (χ3v) is 4.83. The molecule has 1 aliphatic rings. The molecular formula is C22H27F2N3O4. The number of hydrogen-bond acceptors (Lipinski definition) is 5. The molecule has 2 amide bonds. The summed E-state index contributed by atoms with van der Waals surface area (Å²) in [6.45, 7) is 7.21. The van der Waals surface area contributed by atoms with Gasteiger partial charge in [-0.3, -0.25) is 4.79 Å². The summed E-state index contributed by atoms with van der Waals surface area (Å²) >= 11 is 0. The number of carbonyl (C=O) groups excluding carboxylic acids is 2. The Balaban J connectivity index is 1.44. The van der Waals surface area contributed by atoms with Gasteiger partial charge in [-0.1, -0.05) is 0 Å². The van der Waals surface area contributed by atoms with Gasteiger partial charge in [0.05, 0.1) is 12.1 Å². The number of alkyl carbamates (subject to hydrolysis) is 1. The van der Waals surface area contributed by atoms with Crippen LogP contribution in [0.5, 0.6) is 0 Å². The monoisotopic (exact) mass is 435 g/mol. The first-order chi connectivity index (χ1) is 14.6. The lowest BCUT2D eigenvalue weighted by molar-refractivity contribution is 0.0519. The zero-order chi connectivity index (χ0) is 22.6. The fourth-order valence-electron chi connectivity index (χ4n) is 3.32. The van der Waals surface area contributed by atoms with Gasteiger partial charge in [0.25, 0.3) is 5.91 Å². The maximum absolute atomic E-state index is 13.4. The van der Waals surface area contributed by atoms with E-state index in [4.69, 9.17) is 9.15 Å². The van der Waals surface area contributed by atoms with Crippen molar-refractivity contribution in [3.05, 3.63) is 53.5 Å². The van der Waals surface area contributed by atoms with Crippen molar-refractivity contribution in [3.63, 3.8) is 0 Å². The lowest BCUT2D eigenvalue weighted by Gasteiger charge is -2.19. The van der Waals surface area contributed by atoms with Crippen LogP contribution in [0.15, 0.2) is 34.9 Å². The van der Waals surface area contributed by atoms with E-state index in [-0.39, 0.29) is 18.4 Å². The molecule has 31 heavy (non-hydrogen) atoms. The largest absolute Gasteiger partial charge is 0.467 e. The highest BCUT2D eigenvalue weighted by Crippen LogP contribution is 2.25. The predicted octanol–water partition coefficient (Wildman–Crippen LogP) is 3.84. The molecule has 1 atom stereocenters. The highest BCUT2D eigenvalue weighted by Gasteiger charge is 2.24. The first-order valence-electron chi connectivity index (χ1n) is 10.1. The van der Waals surface area contributed by atoms with Crippen molar-refractivity contribution in [1.82, 2.24) is 10.6 Å². The summed E-state index contributed by atoms with van der Waals surface area (Å²) < 4.78 is 37.0. The normalized spacial score (nSPS) is 16.3. The van der Waals surface area contributed by atoms with E-state index in [9.17, 15) is 18.4 Å². The molecule has 168 valence electrons. The summed E-state index contributed by atoms with van der Waals surface area (Å²) in [4.78, 5) is 26.0. The van der Waals surface area contributed by atoms with Crippen molar-refractivity contribution in [2.45, 2.75) is 39.3 Å². The standard InChI is InChI=1S/C22H27F2N3O4/c1-22(2,3)31-21(29)26-11-17-8-15(13-30-17)20(28)25-10-14-6-7-27(12-14)16-4-5-18(23)19(24)9-16/h4-5,8-9,13-14H,6-7,10-12H2,1-3H3,(H,25,28)(H,26,29)/t14-/m1/s1. The maximum Gasteiger partial charge on any atom is 0.408 e. The summed E-state index contributed by atoms with van der Waals surface area (Å²) in [6, 6.07) is 5.43. The van der Waals surface area contributed by atoms with Crippen molar-refractivity contribution in [1.29, 1.82) is 0 Å². The van der Waals surface area contributed by atoms with Gasteiger partial charge in [-0.25, -0.2) is 13.6 Å². The summed E-state index contributed by atoms with van der Waals surface area (Å²) in [6.07, 6.45) is 1.60. The number of carbonyl (C=O) groups is 2. The van der Waals surface area contributed by atoms with E-state index < -0.39 is 23.3 Å². The Kier molecular flexibility index (Phi) is 6.82. The van der Waals surface area contributed by atoms with E-state index in [1.165, 1.54) is 12.3 Å². The number of ether oxygens (including phenoxy) is 1. The van der Waals surface area contributed by atoms with Crippen LogP contribution in [0.4, 0.5) is 19.3 Å². The molecular weight excluding hydrogens is 408 g/mol. The zero-order valence-corrected chi connectivity index (χ0v) is 17.8. The molecule has 1 aromatic carbocycles. The van der Waals surface area contributed by atoms with Gasteiger partial charge in [0.1, 0.15) is 17.6 Å². The summed E-state index contributed by atoms with van der Waals surface area (Å²) in [5.41, 5.74) is 0.389. The lowest BCUT2D eigenvalue weighted by Crippen LogP contribution is -2.32. The molecule has 0 bridgehead atoms. The highest BCUT2D eigenvalue weighted by atomic mass is 19.2. The third kappa shape index (κ3) is 6.44. The Morgan fingerprint density at radius 1 is 1.19 bits per heavy atom. The average molecular weight is 435 g/mol. The molecule has 0 aliphatic carbocycles. The van der Waals surface area contributed by atoms with Gasteiger partial charge in [-0.05, 0) is 51.3 Å². The number of halogens is 2. The van der Waals surface area contributed by atoms with Gasteiger partial charge in [0.2, 0.25) is 0 Å². The Labute approximate surface area is 179 Å². The zero-order valence-electron chi connectivity index (χ0n) is 17.8. The second kappa shape index (κ2) is 9.36. The number of hydrogen-bond donors (Lipinski definition) is 2. The number of nitrogens with zero attached hydrogens (tertiary/aromatic N) is 1. The molecule has 3 rings (SSSR count). The maximum atomic E-state index is 13.4. The number of nitrogens with one attached hydrogen (secondary N) is 2. The second-order valence-electron chi connectivity index (χ2n) is 8.57. The molecule has 0 unspecified atom stereocenters. The summed E-state index contributed by atoms with van der Waals surface area (Å²) in [7, 11) is 0. The minimum atomic E-state index is -0.869. The van der Waals surface area contributed by atoms with Gasteiger partial charge < -0.3 is 24.7 Å². The lowest BCUT2D eigenvalue weighted by atomic mass is 10.1. The minimum Gasteiger partial charge on any atom is -0.467 e. The highest BCUT2D eigenvalue weighted by molar-refractivity contribution is 5.94. The Hall–Kier alpha value is -3.10. The summed E-state index contributed by atoms with van der Waals surface area (Å²) in [5, 5.41) is 5.44. The van der Waals surface area contributed by atoms with Crippen LogP contribution in [0.25, 0.3) is 0 Å². The van der Waals surface area contributed by atoms with E-state index in [1.54, 1.807) is 32.9 Å². The Bertz CT molecular complexity index is 939. The van der Waals surface area contributed by atoms with Gasteiger partial charge in [0, 0.05) is 31.4 Å². The fraction of sp³-hybridized carbons (Fsp3) is 0.455. The molecule has 1 aliphatic heterocycles. The van der Waals surface area contributed by atoms with Crippen LogP contribution >= 0.6 is 0 Å². The van der Waals surface area contributed by atoms with Crippen LogP contribution in [0.2, 0.25) is 0 Å². The fourth-order valence-corrected chi connectivity index (χ4v) is 3.32. The number of furan rings is 1. The molecule has 1 saturated heterocycles. The van der Waals surface area contributed by atoms with Crippen LogP contribution in [0.1, 0.15) is 43.3 Å². The molecule has 7 nitrogen and oxygen atoms in total. The minimum absolute atomic E-state index is 0.105. The van der Waals surface area contributed by atoms with Gasteiger partial charge in [0.15, 0.2) is 11.6 Å². The SMILES string of the molecule is CC(C)(C)OC(=O)NCc1cc(C(=O)NC[C@H]2CCN(c3ccc(F)c(F)c3)C2)co1. The van der Waals surface area contributed by atoms with Crippen LogP contribution in [-0.4, -0.2) is 37.2 Å². The van der Waals surface area contributed by atoms with E-state index in [0.717, 1.165) is 12.5 Å². The molecule has 1 fully saturated rings. The van der Waals surface area contributed by atoms with E-state index in [0.29, 0.717) is 36.6 Å². The average Bonchev–Trinajstić information content (AvgIpc) is 3.35. The topological polar surface area (TPSA) is 83.8 Å². The third-order valence-electron chi connectivity index (χ3n) is 4.83. The number of amides is 2. The quantitative estimate of drug-likeness (QED) is 0.720. The van der Waals surface area contributed by atoms with Crippen LogP contribution in [0.3, 0.4) is 0 Å². The van der Waals surface area contributed by atoms with Gasteiger partial charge >= 0.3 is 6.09 Å². The number of rotatable bonds is 6. The number of anilines is 1. The Morgan fingerprint density at radius 2 is 1.97 bits per heavy atom. The van der Waals surface area contributed by atoms with Crippen molar-refractivity contribution in [3.8, 4) is 0 Å². The molecule has 2 N–H and O–H groups in total. The molecule has 1 aromatic heterocycles. The van der Waals surface area contributed by atoms with Crippen LogP contribution in [-0.2, 0) is 11.3 Å². The van der Waals surface area contributed by atoms with E-state index in [2.05, 4.69) is 10.6 Å². The van der Waals surface area contributed by atoms with Crippen molar-refractivity contribution < 1.29 is 27.5 Å². The Morgan fingerprint density at radius 3 is 2.68 bits per heavy atom. The summed E-state index contributed by atoms with van der Waals surface area (Å²) in [5.74, 6) is -1.39. The molecule has 0 saturated carbocycles. The first-order valence-corrected chi connectivity index (χ1v) is 10.1. The van der Waals surface area contributed by atoms with Gasteiger partial charge in [-0.15, -0.1) is 0 Å². The van der Waals surface area contributed by atoms with Crippen LogP contribution < -0.4 is 15.5 Å². The van der Waals surface area contributed by atoms with E-state index in [1.807, 2.05) is 4.90 Å². The van der Waals surface area contributed by atoms with Crippen molar-refractivity contribution in [2.24, 2.45) is 5.92 Å².